The van der Waals surface area contributed by atoms with Crippen LogP contribution >= 0.6 is 0 Å². The molecule has 3 aromatic rings. The van der Waals surface area contributed by atoms with Crippen molar-refractivity contribution < 1.29 is 0 Å². The number of aryl methyl sites for hydroxylation is 1. The molecule has 0 N–H and O–H groups in total. The molecule has 0 amide bonds. The second-order valence-corrected chi connectivity index (χ2v) is 5.72. The Bertz CT molecular complexity index is 712. The maximum absolute atomic E-state index is 2.22. The maximum Gasteiger partial charge on any atom is 0.0408 e. The third kappa shape index (κ3) is 3.37. The van der Waals surface area contributed by atoms with Crippen LogP contribution in [0.2, 0.25) is 0 Å². The van der Waals surface area contributed by atoms with Crippen LogP contribution in [-0.2, 0) is 6.42 Å². The van der Waals surface area contributed by atoms with Gasteiger partial charge in [0.1, 0.15) is 0 Å². The number of hydrogen-bond donors (Lipinski definition) is 0. The number of rotatable bonds is 4. The molecule has 3 rings (SSSR count). The molecule has 3 aromatic carbocycles. The number of benzene rings is 3. The average molecular weight is 287 g/mol. The molecule has 0 radical (unpaired) electrons. The van der Waals surface area contributed by atoms with Gasteiger partial charge in [0.2, 0.25) is 0 Å². The lowest BCUT2D eigenvalue weighted by atomic mass is 10.0. The summed E-state index contributed by atoms with van der Waals surface area (Å²) in [5, 5.41) is 0. The Morgan fingerprint density at radius 1 is 0.636 bits per heavy atom. The Hall–Kier alpha value is -2.54. The molecule has 0 aromatic heterocycles. The van der Waals surface area contributed by atoms with Crippen LogP contribution in [-0.4, -0.2) is 7.05 Å². The van der Waals surface area contributed by atoms with Crippen LogP contribution in [0.15, 0.2) is 78.9 Å². The molecule has 0 aliphatic carbocycles. The molecule has 0 unspecified atom stereocenters. The summed E-state index contributed by atoms with van der Waals surface area (Å²) in [5.41, 5.74) is 6.40. The van der Waals surface area contributed by atoms with Gasteiger partial charge in [0.15, 0.2) is 0 Å². The molecular formula is C21H21N. The van der Waals surface area contributed by atoms with E-state index in [4.69, 9.17) is 0 Å². The quantitative estimate of drug-likeness (QED) is 0.625. The standard InChI is InChI=1S/C21H21N/c1-17-8-12-20(13-9-17)22(2)21-14-10-19(11-15-21)16-18-6-4-3-5-7-18/h3-15H,16H2,1-2H3. The van der Waals surface area contributed by atoms with Crippen LogP contribution in [0.5, 0.6) is 0 Å². The molecule has 0 aliphatic heterocycles. The lowest BCUT2D eigenvalue weighted by molar-refractivity contribution is 1.17. The summed E-state index contributed by atoms with van der Waals surface area (Å²) < 4.78 is 0. The summed E-state index contributed by atoms with van der Waals surface area (Å²) in [5.74, 6) is 0. The van der Waals surface area contributed by atoms with Gasteiger partial charge < -0.3 is 4.90 Å². The Labute approximate surface area is 132 Å². The monoisotopic (exact) mass is 287 g/mol. The van der Waals surface area contributed by atoms with Gasteiger partial charge in [-0.2, -0.15) is 0 Å². The predicted molar refractivity (Wildman–Crippen MR) is 94.9 cm³/mol. The summed E-state index contributed by atoms with van der Waals surface area (Å²) >= 11 is 0. The molecule has 0 bridgehead atoms. The van der Waals surface area contributed by atoms with E-state index in [-0.39, 0.29) is 0 Å². The van der Waals surface area contributed by atoms with Gasteiger partial charge in [-0.15, -0.1) is 0 Å². The normalized spacial score (nSPS) is 10.5. The van der Waals surface area contributed by atoms with Crippen molar-refractivity contribution in [2.24, 2.45) is 0 Å². The van der Waals surface area contributed by atoms with E-state index in [2.05, 4.69) is 97.7 Å². The van der Waals surface area contributed by atoms with Crippen molar-refractivity contribution in [1.29, 1.82) is 0 Å². The predicted octanol–water partition coefficient (Wildman–Crippen LogP) is 5.35. The first kappa shape index (κ1) is 14.4. The van der Waals surface area contributed by atoms with Gasteiger partial charge in [0.05, 0.1) is 0 Å². The first-order chi connectivity index (χ1) is 10.7. The molecule has 0 fully saturated rings. The van der Waals surface area contributed by atoms with Crippen LogP contribution < -0.4 is 4.90 Å². The summed E-state index contributed by atoms with van der Waals surface area (Å²) in [6, 6.07) is 28.0. The summed E-state index contributed by atoms with van der Waals surface area (Å²) in [4.78, 5) is 2.21. The third-order valence-corrected chi connectivity index (χ3v) is 4.00. The van der Waals surface area contributed by atoms with Gasteiger partial charge in [0, 0.05) is 18.4 Å². The Kier molecular flexibility index (Phi) is 4.24. The van der Waals surface area contributed by atoms with Crippen LogP contribution in [0.1, 0.15) is 16.7 Å². The van der Waals surface area contributed by atoms with E-state index in [0.29, 0.717) is 0 Å². The van der Waals surface area contributed by atoms with Crippen molar-refractivity contribution in [3.05, 3.63) is 95.6 Å². The van der Waals surface area contributed by atoms with Gasteiger partial charge in [-0.25, -0.2) is 0 Å². The molecule has 22 heavy (non-hydrogen) atoms. The van der Waals surface area contributed by atoms with Crippen molar-refractivity contribution in [2.45, 2.75) is 13.3 Å². The second kappa shape index (κ2) is 6.48. The zero-order valence-corrected chi connectivity index (χ0v) is 13.2. The van der Waals surface area contributed by atoms with Gasteiger partial charge in [-0.3, -0.25) is 0 Å². The minimum absolute atomic E-state index is 0.982. The van der Waals surface area contributed by atoms with E-state index < -0.39 is 0 Å². The van der Waals surface area contributed by atoms with Crippen molar-refractivity contribution in [2.75, 3.05) is 11.9 Å². The van der Waals surface area contributed by atoms with Gasteiger partial charge >= 0.3 is 0 Å². The average Bonchev–Trinajstić information content (AvgIpc) is 2.57. The fraction of sp³-hybridized carbons (Fsp3) is 0.143. The van der Waals surface area contributed by atoms with E-state index in [1.807, 2.05) is 0 Å². The number of anilines is 2. The summed E-state index contributed by atoms with van der Waals surface area (Å²) in [6.45, 7) is 2.11. The van der Waals surface area contributed by atoms with Crippen LogP contribution in [0.3, 0.4) is 0 Å². The SMILES string of the molecule is Cc1ccc(N(C)c2ccc(Cc3ccccc3)cc2)cc1. The smallest absolute Gasteiger partial charge is 0.0408 e. The van der Waals surface area contributed by atoms with Gasteiger partial charge in [0.25, 0.3) is 0 Å². The van der Waals surface area contributed by atoms with E-state index in [1.54, 1.807) is 0 Å². The minimum Gasteiger partial charge on any atom is -0.345 e. The molecule has 1 heteroatoms. The zero-order valence-electron chi connectivity index (χ0n) is 13.2. The Morgan fingerprint density at radius 3 is 1.73 bits per heavy atom. The lowest BCUT2D eigenvalue weighted by Crippen LogP contribution is -2.09. The Morgan fingerprint density at radius 2 is 1.14 bits per heavy atom. The fourth-order valence-electron chi connectivity index (χ4n) is 2.59. The Balaban J connectivity index is 1.75. The maximum atomic E-state index is 2.22. The highest BCUT2D eigenvalue weighted by molar-refractivity contribution is 5.62. The highest BCUT2D eigenvalue weighted by atomic mass is 15.1. The highest BCUT2D eigenvalue weighted by Gasteiger charge is 2.04. The molecule has 0 saturated carbocycles. The first-order valence-electron chi connectivity index (χ1n) is 7.65. The zero-order chi connectivity index (χ0) is 15.4. The van der Waals surface area contributed by atoms with E-state index in [9.17, 15) is 0 Å². The minimum atomic E-state index is 0.982. The van der Waals surface area contributed by atoms with Gasteiger partial charge in [-0.1, -0.05) is 60.2 Å². The second-order valence-electron chi connectivity index (χ2n) is 5.72. The van der Waals surface area contributed by atoms with E-state index in [0.717, 1.165) is 6.42 Å². The fourth-order valence-corrected chi connectivity index (χ4v) is 2.59. The molecule has 0 aliphatic rings. The van der Waals surface area contributed by atoms with Gasteiger partial charge in [-0.05, 0) is 48.7 Å². The van der Waals surface area contributed by atoms with Crippen molar-refractivity contribution >= 4 is 11.4 Å². The molecule has 0 atom stereocenters. The largest absolute Gasteiger partial charge is 0.345 e. The number of hydrogen-bond acceptors (Lipinski definition) is 1. The topological polar surface area (TPSA) is 3.24 Å². The van der Waals surface area contributed by atoms with Crippen LogP contribution in [0, 0.1) is 6.92 Å². The molecule has 1 nitrogen and oxygen atoms in total. The number of nitrogens with zero attached hydrogens (tertiary/aromatic N) is 1. The van der Waals surface area contributed by atoms with Crippen molar-refractivity contribution in [3.8, 4) is 0 Å². The molecule has 0 saturated heterocycles. The van der Waals surface area contributed by atoms with Crippen LogP contribution in [0.25, 0.3) is 0 Å². The molecular weight excluding hydrogens is 266 g/mol. The third-order valence-electron chi connectivity index (χ3n) is 4.00. The molecule has 0 spiro atoms. The van der Waals surface area contributed by atoms with Crippen LogP contribution in [0.4, 0.5) is 11.4 Å². The van der Waals surface area contributed by atoms with Crippen molar-refractivity contribution in [1.82, 2.24) is 0 Å². The van der Waals surface area contributed by atoms with Crippen molar-refractivity contribution in [3.63, 3.8) is 0 Å². The molecule has 0 heterocycles. The first-order valence-corrected chi connectivity index (χ1v) is 7.65. The summed E-state index contributed by atoms with van der Waals surface area (Å²) in [7, 11) is 2.11. The van der Waals surface area contributed by atoms with E-state index in [1.165, 1.54) is 28.1 Å². The summed E-state index contributed by atoms with van der Waals surface area (Å²) in [6.07, 6.45) is 0.982. The molecule has 110 valence electrons. The lowest BCUT2D eigenvalue weighted by Gasteiger charge is -2.20. The van der Waals surface area contributed by atoms with E-state index >= 15 is 0 Å². The highest BCUT2D eigenvalue weighted by Crippen LogP contribution is 2.24.